The van der Waals surface area contributed by atoms with Gasteiger partial charge < -0.3 is 28.8 Å². The summed E-state index contributed by atoms with van der Waals surface area (Å²) < 4.78 is 24.0. The molecule has 0 aliphatic carbocycles. The molecule has 182 valence electrons. The van der Waals surface area contributed by atoms with Crippen LogP contribution >= 0.6 is 11.8 Å². The molecule has 0 bridgehead atoms. The molecule has 1 unspecified atom stereocenters. The maximum absolute atomic E-state index is 12.6. The van der Waals surface area contributed by atoms with Gasteiger partial charge in [-0.05, 0) is 45.0 Å². The van der Waals surface area contributed by atoms with Crippen LogP contribution in [-0.4, -0.2) is 47.8 Å². The fraction of sp³-hybridized carbons (Fsp3) is 0.375. The number of nitrogens with one attached hydrogen (secondary N) is 1. The maximum atomic E-state index is 12.6. The Balaban J connectivity index is 1.70. The van der Waals surface area contributed by atoms with E-state index >= 15 is 0 Å². The quantitative estimate of drug-likeness (QED) is 0.388. The number of ether oxygens (including phenoxy) is 4. The maximum Gasteiger partial charge on any atom is 0.234 e. The van der Waals surface area contributed by atoms with Crippen molar-refractivity contribution in [1.82, 2.24) is 14.8 Å². The Morgan fingerprint density at radius 1 is 0.971 bits per heavy atom. The van der Waals surface area contributed by atoms with E-state index in [9.17, 15) is 4.79 Å². The molecule has 10 heteroatoms. The Hall–Kier alpha value is -3.40. The Labute approximate surface area is 203 Å². The minimum atomic E-state index is -0.377. The van der Waals surface area contributed by atoms with Crippen molar-refractivity contribution in [2.75, 3.05) is 32.4 Å². The van der Waals surface area contributed by atoms with E-state index in [1.165, 1.54) is 11.8 Å². The molecule has 0 aliphatic rings. The van der Waals surface area contributed by atoms with Gasteiger partial charge in [-0.25, -0.2) is 0 Å². The molecular weight excluding hydrogens is 456 g/mol. The number of methoxy groups -OCH3 is 3. The molecule has 2 aromatic carbocycles. The number of carbonyl (C=O) groups is 1. The molecule has 34 heavy (non-hydrogen) atoms. The van der Waals surface area contributed by atoms with Gasteiger partial charge in [-0.3, -0.25) is 4.79 Å². The molecule has 0 saturated carbocycles. The number of rotatable bonds is 11. The third-order valence-electron chi connectivity index (χ3n) is 4.96. The van der Waals surface area contributed by atoms with E-state index in [1.807, 2.05) is 49.6 Å². The first kappa shape index (κ1) is 25.2. The highest BCUT2D eigenvalue weighted by molar-refractivity contribution is 7.99. The molecular formula is C24H30N4O5S. The van der Waals surface area contributed by atoms with E-state index in [0.29, 0.717) is 39.7 Å². The van der Waals surface area contributed by atoms with Gasteiger partial charge in [-0.15, -0.1) is 10.2 Å². The number of amides is 1. The van der Waals surface area contributed by atoms with Gasteiger partial charge in [0, 0.05) is 12.1 Å². The lowest BCUT2D eigenvalue weighted by atomic mass is 10.2. The van der Waals surface area contributed by atoms with Gasteiger partial charge >= 0.3 is 0 Å². The van der Waals surface area contributed by atoms with Crippen LogP contribution in [0.3, 0.4) is 0 Å². The lowest BCUT2D eigenvalue weighted by Gasteiger charge is -2.19. The van der Waals surface area contributed by atoms with E-state index < -0.39 is 0 Å². The van der Waals surface area contributed by atoms with Crippen molar-refractivity contribution in [1.29, 1.82) is 0 Å². The Morgan fingerprint density at radius 3 is 2.32 bits per heavy atom. The highest BCUT2D eigenvalue weighted by Crippen LogP contribution is 2.33. The second-order valence-corrected chi connectivity index (χ2v) is 8.56. The summed E-state index contributed by atoms with van der Waals surface area (Å²) in [5.74, 6) is 3.07. The summed E-state index contributed by atoms with van der Waals surface area (Å²) in [6, 6.07) is 12.7. The summed E-state index contributed by atoms with van der Waals surface area (Å²) in [4.78, 5) is 12.6. The molecule has 0 radical (unpaired) electrons. The predicted molar refractivity (Wildman–Crippen MR) is 131 cm³/mol. The van der Waals surface area contributed by atoms with Crippen molar-refractivity contribution in [2.45, 2.75) is 38.1 Å². The summed E-state index contributed by atoms with van der Waals surface area (Å²) in [5, 5.41) is 12.2. The van der Waals surface area contributed by atoms with E-state index in [4.69, 9.17) is 18.9 Å². The average Bonchev–Trinajstić information content (AvgIpc) is 3.28. The standard InChI is InChI=1S/C24H30N4O5S/c1-15(2)28-23(16(3)33-20-10-8-7-9-19(20)31-5)26-27-24(28)34-14-22(29)25-18-12-11-17(30-4)13-21(18)32-6/h7-13,15-16H,14H2,1-6H3,(H,25,29). The largest absolute Gasteiger partial charge is 0.497 e. The first-order chi connectivity index (χ1) is 16.4. The minimum absolute atomic E-state index is 0.0703. The molecule has 9 nitrogen and oxygen atoms in total. The molecule has 1 N–H and O–H groups in total. The zero-order chi connectivity index (χ0) is 24.7. The number of thioether (sulfide) groups is 1. The van der Waals surface area contributed by atoms with Crippen LogP contribution in [0.15, 0.2) is 47.6 Å². The number of aromatic nitrogens is 3. The van der Waals surface area contributed by atoms with Crippen molar-refractivity contribution in [3.8, 4) is 23.0 Å². The van der Waals surface area contributed by atoms with Crippen molar-refractivity contribution in [3.63, 3.8) is 0 Å². The lowest BCUT2D eigenvalue weighted by molar-refractivity contribution is -0.113. The topological polar surface area (TPSA) is 96.7 Å². The minimum Gasteiger partial charge on any atom is -0.497 e. The van der Waals surface area contributed by atoms with Crippen LogP contribution in [0.25, 0.3) is 0 Å². The number of para-hydroxylation sites is 2. The fourth-order valence-corrected chi connectivity index (χ4v) is 4.20. The zero-order valence-corrected chi connectivity index (χ0v) is 21.0. The molecule has 0 aliphatic heterocycles. The van der Waals surface area contributed by atoms with E-state index in [1.54, 1.807) is 39.5 Å². The Morgan fingerprint density at radius 2 is 1.68 bits per heavy atom. The van der Waals surface area contributed by atoms with Gasteiger partial charge in [-0.2, -0.15) is 0 Å². The monoisotopic (exact) mass is 486 g/mol. The van der Waals surface area contributed by atoms with Gasteiger partial charge in [0.25, 0.3) is 0 Å². The summed E-state index contributed by atoms with van der Waals surface area (Å²) >= 11 is 1.31. The number of hydrogen-bond donors (Lipinski definition) is 1. The number of carbonyl (C=O) groups excluding carboxylic acids is 1. The van der Waals surface area contributed by atoms with Crippen molar-refractivity contribution in [2.24, 2.45) is 0 Å². The number of anilines is 1. The number of hydrogen-bond acceptors (Lipinski definition) is 8. The molecule has 1 amide bonds. The molecule has 1 heterocycles. The SMILES string of the molecule is COc1ccc(NC(=O)CSc2nnc(C(C)Oc3ccccc3OC)n2C(C)C)c(OC)c1. The highest BCUT2D eigenvalue weighted by Gasteiger charge is 2.23. The molecule has 3 aromatic rings. The van der Waals surface area contributed by atoms with Crippen molar-refractivity contribution < 1.29 is 23.7 Å². The molecule has 0 fully saturated rings. The summed E-state index contributed by atoms with van der Waals surface area (Å²) in [6.45, 7) is 5.98. The third kappa shape index (κ3) is 5.93. The molecule has 1 atom stereocenters. The zero-order valence-electron chi connectivity index (χ0n) is 20.2. The van der Waals surface area contributed by atoms with Crippen LogP contribution < -0.4 is 24.3 Å². The fourth-order valence-electron chi connectivity index (χ4n) is 3.33. The first-order valence-corrected chi connectivity index (χ1v) is 11.8. The number of benzene rings is 2. The van der Waals surface area contributed by atoms with Crippen LogP contribution in [0.2, 0.25) is 0 Å². The summed E-state index contributed by atoms with van der Waals surface area (Å²) in [6.07, 6.45) is -0.377. The van der Waals surface area contributed by atoms with Gasteiger partial charge in [-0.1, -0.05) is 23.9 Å². The van der Waals surface area contributed by atoms with E-state index in [0.717, 1.165) is 0 Å². The van der Waals surface area contributed by atoms with Crippen molar-refractivity contribution in [3.05, 3.63) is 48.3 Å². The lowest BCUT2D eigenvalue weighted by Crippen LogP contribution is -2.17. The van der Waals surface area contributed by atoms with Gasteiger partial charge in [0.05, 0.1) is 32.8 Å². The number of nitrogens with zero attached hydrogens (tertiary/aromatic N) is 3. The van der Waals surface area contributed by atoms with E-state index in [2.05, 4.69) is 15.5 Å². The van der Waals surface area contributed by atoms with E-state index in [-0.39, 0.29) is 23.8 Å². The predicted octanol–water partition coefficient (Wildman–Crippen LogP) is 4.76. The second kappa shape index (κ2) is 11.6. The van der Waals surface area contributed by atoms with Gasteiger partial charge in [0.15, 0.2) is 28.6 Å². The first-order valence-electron chi connectivity index (χ1n) is 10.8. The smallest absolute Gasteiger partial charge is 0.234 e. The van der Waals surface area contributed by atoms with Crippen molar-refractivity contribution >= 4 is 23.4 Å². The summed E-state index contributed by atoms with van der Waals surface area (Å²) in [7, 11) is 4.72. The molecule has 3 rings (SSSR count). The normalized spacial score (nSPS) is 11.7. The van der Waals surface area contributed by atoms with Gasteiger partial charge in [0.2, 0.25) is 5.91 Å². The van der Waals surface area contributed by atoms with Gasteiger partial charge in [0.1, 0.15) is 11.5 Å². The van der Waals surface area contributed by atoms with Crippen LogP contribution in [0.5, 0.6) is 23.0 Å². The highest BCUT2D eigenvalue weighted by atomic mass is 32.2. The molecule has 0 spiro atoms. The van der Waals surface area contributed by atoms with Crippen LogP contribution in [0.4, 0.5) is 5.69 Å². The van der Waals surface area contributed by atoms with Crippen LogP contribution in [0.1, 0.15) is 38.7 Å². The third-order valence-corrected chi connectivity index (χ3v) is 5.90. The van der Waals surface area contributed by atoms with Crippen LogP contribution in [0, 0.1) is 0 Å². The molecule has 1 aromatic heterocycles. The Bertz CT molecular complexity index is 1120. The average molecular weight is 487 g/mol. The Kier molecular flexibility index (Phi) is 8.64. The second-order valence-electron chi connectivity index (χ2n) is 7.62. The summed E-state index contributed by atoms with van der Waals surface area (Å²) in [5.41, 5.74) is 0.568. The van der Waals surface area contributed by atoms with Crippen LogP contribution in [-0.2, 0) is 4.79 Å². The molecule has 0 saturated heterocycles.